The first kappa shape index (κ1) is 16.9. The fourth-order valence-corrected chi connectivity index (χ4v) is 3.11. The van der Waals surface area contributed by atoms with Crippen molar-refractivity contribution < 1.29 is 18.3 Å². The first-order valence-corrected chi connectivity index (χ1v) is 8.76. The Hall–Kier alpha value is -1.51. The Morgan fingerprint density at radius 2 is 2.05 bits per heavy atom. The van der Waals surface area contributed by atoms with Gasteiger partial charge in [0.15, 0.2) is 0 Å². The van der Waals surface area contributed by atoms with E-state index in [2.05, 4.69) is 10.3 Å². The topological polar surface area (TPSA) is 122 Å². The van der Waals surface area contributed by atoms with Gasteiger partial charge >= 0.3 is 0 Å². The van der Waals surface area contributed by atoms with E-state index in [1.807, 2.05) is 0 Å². The summed E-state index contributed by atoms with van der Waals surface area (Å²) in [4.78, 5) is 15.9. The number of aryl methyl sites for hydroxylation is 1. The van der Waals surface area contributed by atoms with Crippen LogP contribution in [0.15, 0.2) is 17.2 Å². The Morgan fingerprint density at radius 3 is 2.64 bits per heavy atom. The van der Waals surface area contributed by atoms with Gasteiger partial charge in [-0.25, -0.2) is 13.6 Å². The zero-order chi connectivity index (χ0) is 16.4. The standard InChI is InChI=1S/C14H21N3O4S/c1-10-12(7-11(8-16-10)22(15,20)21)13(18)17-9-14(19)5-3-2-4-6-14/h7-8,19H,2-6,9H2,1H3,(H,17,18)(H2,15,20,21). The van der Waals surface area contributed by atoms with E-state index in [0.717, 1.165) is 25.5 Å². The summed E-state index contributed by atoms with van der Waals surface area (Å²) >= 11 is 0. The van der Waals surface area contributed by atoms with Gasteiger partial charge in [-0.1, -0.05) is 19.3 Å². The zero-order valence-electron chi connectivity index (χ0n) is 12.5. The van der Waals surface area contributed by atoms with Gasteiger partial charge in [-0.05, 0) is 25.8 Å². The lowest BCUT2D eigenvalue weighted by atomic mass is 9.85. The van der Waals surface area contributed by atoms with Crippen LogP contribution in [0.4, 0.5) is 0 Å². The number of carbonyl (C=O) groups excluding carboxylic acids is 1. The van der Waals surface area contributed by atoms with Crippen molar-refractivity contribution in [1.29, 1.82) is 0 Å². The van der Waals surface area contributed by atoms with Crippen LogP contribution >= 0.6 is 0 Å². The molecule has 1 fully saturated rings. The maximum absolute atomic E-state index is 12.2. The minimum absolute atomic E-state index is 0.144. The number of sulfonamides is 1. The molecule has 0 bridgehead atoms. The molecule has 7 nitrogen and oxygen atoms in total. The van der Waals surface area contributed by atoms with Crippen LogP contribution in [0.3, 0.4) is 0 Å². The normalized spacial score (nSPS) is 18.0. The summed E-state index contributed by atoms with van der Waals surface area (Å²) in [5.41, 5.74) is -0.334. The quantitative estimate of drug-likeness (QED) is 0.741. The predicted octanol–water partition coefficient (Wildman–Crippen LogP) is 0.462. The molecule has 2 rings (SSSR count). The van der Waals surface area contributed by atoms with Gasteiger partial charge < -0.3 is 10.4 Å². The Morgan fingerprint density at radius 1 is 1.41 bits per heavy atom. The van der Waals surface area contributed by atoms with Crippen LogP contribution in [0, 0.1) is 6.92 Å². The minimum atomic E-state index is -3.91. The smallest absolute Gasteiger partial charge is 0.253 e. The van der Waals surface area contributed by atoms with Crippen LogP contribution < -0.4 is 10.5 Å². The molecule has 0 radical (unpaired) electrons. The lowest BCUT2D eigenvalue weighted by Crippen LogP contribution is -2.44. The highest BCUT2D eigenvalue weighted by atomic mass is 32.2. The zero-order valence-corrected chi connectivity index (χ0v) is 13.3. The van der Waals surface area contributed by atoms with Crippen LogP contribution in [0.1, 0.15) is 48.2 Å². The van der Waals surface area contributed by atoms with Gasteiger partial charge in [0.05, 0.1) is 16.9 Å². The fourth-order valence-electron chi connectivity index (χ4n) is 2.63. The second-order valence-corrected chi connectivity index (χ2v) is 7.38. The van der Waals surface area contributed by atoms with E-state index in [9.17, 15) is 18.3 Å². The summed E-state index contributed by atoms with van der Waals surface area (Å²) in [6.07, 6.45) is 5.40. The lowest BCUT2D eigenvalue weighted by molar-refractivity contribution is 0.00524. The molecule has 1 aromatic heterocycles. The number of amides is 1. The van der Waals surface area contributed by atoms with Gasteiger partial charge in [0.25, 0.3) is 5.91 Å². The number of aliphatic hydroxyl groups is 1. The van der Waals surface area contributed by atoms with Crippen molar-refractivity contribution in [3.8, 4) is 0 Å². The highest BCUT2D eigenvalue weighted by Crippen LogP contribution is 2.27. The summed E-state index contributed by atoms with van der Waals surface area (Å²) < 4.78 is 22.7. The van der Waals surface area contributed by atoms with Crippen molar-refractivity contribution in [3.63, 3.8) is 0 Å². The number of rotatable bonds is 4. The molecule has 22 heavy (non-hydrogen) atoms. The molecule has 1 saturated carbocycles. The molecular formula is C14H21N3O4S. The first-order valence-electron chi connectivity index (χ1n) is 7.21. The van der Waals surface area contributed by atoms with Crippen molar-refractivity contribution in [2.45, 2.75) is 49.5 Å². The van der Waals surface area contributed by atoms with Gasteiger partial charge in [0, 0.05) is 12.7 Å². The summed E-state index contributed by atoms with van der Waals surface area (Å²) in [5.74, 6) is -0.463. The van der Waals surface area contributed by atoms with E-state index in [1.165, 1.54) is 6.07 Å². The second kappa shape index (κ2) is 6.31. The summed E-state index contributed by atoms with van der Waals surface area (Å²) in [6, 6.07) is 1.21. The molecule has 1 aliphatic rings. The largest absolute Gasteiger partial charge is 0.388 e. The van der Waals surface area contributed by atoms with Crippen LogP contribution in [0.2, 0.25) is 0 Å². The summed E-state index contributed by atoms with van der Waals surface area (Å²) in [6.45, 7) is 1.75. The number of carbonyl (C=O) groups is 1. The third-order valence-electron chi connectivity index (χ3n) is 4.00. The van der Waals surface area contributed by atoms with Crippen molar-refractivity contribution in [1.82, 2.24) is 10.3 Å². The number of primary sulfonamides is 1. The average molecular weight is 327 g/mol. The molecule has 0 atom stereocenters. The van der Waals surface area contributed by atoms with Crippen LogP contribution in [0.25, 0.3) is 0 Å². The number of pyridine rings is 1. The summed E-state index contributed by atoms with van der Waals surface area (Å²) in [5, 5.41) is 18.1. The fraction of sp³-hybridized carbons (Fsp3) is 0.571. The monoisotopic (exact) mass is 327 g/mol. The molecule has 0 saturated heterocycles. The number of aromatic nitrogens is 1. The highest BCUT2D eigenvalue weighted by Gasteiger charge is 2.29. The maximum Gasteiger partial charge on any atom is 0.253 e. The molecule has 8 heteroatoms. The number of nitrogens with zero attached hydrogens (tertiary/aromatic N) is 1. The molecule has 1 amide bonds. The minimum Gasteiger partial charge on any atom is -0.388 e. The van der Waals surface area contributed by atoms with E-state index in [-0.39, 0.29) is 17.0 Å². The van der Waals surface area contributed by atoms with E-state index in [1.54, 1.807) is 6.92 Å². The molecule has 0 unspecified atom stereocenters. The Labute approximate surface area is 130 Å². The number of nitrogens with one attached hydrogen (secondary N) is 1. The van der Waals surface area contributed by atoms with Gasteiger partial charge in [-0.15, -0.1) is 0 Å². The van der Waals surface area contributed by atoms with Crippen molar-refractivity contribution in [2.75, 3.05) is 6.54 Å². The Balaban J connectivity index is 2.12. The first-order chi connectivity index (χ1) is 10.2. The molecule has 122 valence electrons. The van der Waals surface area contributed by atoms with Gasteiger partial charge in [-0.3, -0.25) is 9.78 Å². The Kier molecular flexibility index (Phi) is 4.84. The number of hydrogen-bond acceptors (Lipinski definition) is 5. The highest BCUT2D eigenvalue weighted by molar-refractivity contribution is 7.89. The van der Waals surface area contributed by atoms with Crippen molar-refractivity contribution in [3.05, 3.63) is 23.5 Å². The summed E-state index contributed by atoms with van der Waals surface area (Å²) in [7, 11) is -3.91. The SMILES string of the molecule is Cc1ncc(S(N)(=O)=O)cc1C(=O)NCC1(O)CCCCC1. The molecule has 0 spiro atoms. The van der Waals surface area contributed by atoms with Gasteiger partial charge in [0.1, 0.15) is 4.90 Å². The molecular weight excluding hydrogens is 306 g/mol. The van der Waals surface area contributed by atoms with E-state index < -0.39 is 21.5 Å². The maximum atomic E-state index is 12.2. The van der Waals surface area contributed by atoms with E-state index in [4.69, 9.17) is 5.14 Å². The molecule has 0 aromatic carbocycles. The third kappa shape index (κ3) is 4.02. The van der Waals surface area contributed by atoms with Crippen molar-refractivity contribution in [2.24, 2.45) is 5.14 Å². The second-order valence-electron chi connectivity index (χ2n) is 5.82. The Bertz CT molecular complexity index is 667. The van der Waals surface area contributed by atoms with Gasteiger partial charge in [-0.2, -0.15) is 0 Å². The molecule has 4 N–H and O–H groups in total. The van der Waals surface area contributed by atoms with Crippen LogP contribution in [0.5, 0.6) is 0 Å². The lowest BCUT2D eigenvalue weighted by Gasteiger charge is -2.32. The molecule has 1 aliphatic carbocycles. The number of nitrogens with two attached hydrogens (primary N) is 1. The average Bonchev–Trinajstić information content (AvgIpc) is 2.45. The third-order valence-corrected chi connectivity index (χ3v) is 4.88. The molecule has 0 aliphatic heterocycles. The van der Waals surface area contributed by atoms with E-state index >= 15 is 0 Å². The van der Waals surface area contributed by atoms with Crippen molar-refractivity contribution >= 4 is 15.9 Å². The molecule has 1 heterocycles. The number of hydrogen-bond donors (Lipinski definition) is 3. The van der Waals surface area contributed by atoms with E-state index in [0.29, 0.717) is 18.5 Å². The van der Waals surface area contributed by atoms with Gasteiger partial charge in [0.2, 0.25) is 10.0 Å². The van der Waals surface area contributed by atoms with Crippen LogP contribution in [-0.2, 0) is 10.0 Å². The molecule has 1 aromatic rings. The van der Waals surface area contributed by atoms with Crippen LogP contribution in [-0.4, -0.2) is 36.6 Å². The predicted molar refractivity (Wildman–Crippen MR) is 80.7 cm³/mol.